The van der Waals surface area contributed by atoms with Crippen molar-refractivity contribution >= 4 is 29.1 Å². The van der Waals surface area contributed by atoms with Gasteiger partial charge in [0.2, 0.25) is 0 Å². The van der Waals surface area contributed by atoms with Crippen molar-refractivity contribution in [3.8, 4) is 0 Å². The standard InChI is InChI=1S/C15H20N6S/c1-3-6-22-15-19-13(16)12-14(20-15)21(9-18-12)8-11-4-5-17-10(2)7-11/h4-5,7,18H,3,6,8-9H2,1-2H3,(H2,16,19,20). The molecule has 2 aromatic rings. The number of nitrogens with one attached hydrogen (secondary N) is 1. The number of hydrogen-bond acceptors (Lipinski definition) is 7. The molecule has 0 spiro atoms. The van der Waals surface area contributed by atoms with Gasteiger partial charge in [-0.2, -0.15) is 0 Å². The second kappa shape index (κ2) is 6.39. The Morgan fingerprint density at radius 2 is 2.27 bits per heavy atom. The fourth-order valence-corrected chi connectivity index (χ4v) is 3.11. The average molecular weight is 316 g/mol. The Morgan fingerprint density at radius 1 is 1.41 bits per heavy atom. The summed E-state index contributed by atoms with van der Waals surface area (Å²) in [4.78, 5) is 15.5. The first-order valence-electron chi connectivity index (χ1n) is 7.38. The summed E-state index contributed by atoms with van der Waals surface area (Å²) in [7, 11) is 0. The number of rotatable bonds is 5. The zero-order valence-electron chi connectivity index (χ0n) is 12.8. The Kier molecular flexibility index (Phi) is 4.33. The Balaban J connectivity index is 1.84. The number of pyridine rings is 1. The Hall–Kier alpha value is -2.02. The van der Waals surface area contributed by atoms with Gasteiger partial charge >= 0.3 is 0 Å². The Morgan fingerprint density at radius 3 is 3.05 bits per heavy atom. The molecule has 3 rings (SSSR count). The van der Waals surface area contributed by atoms with Crippen LogP contribution < -0.4 is 16.0 Å². The average Bonchev–Trinajstić information content (AvgIpc) is 2.89. The summed E-state index contributed by atoms with van der Waals surface area (Å²) in [5, 5.41) is 4.04. The Bertz CT molecular complexity index is 675. The lowest BCUT2D eigenvalue weighted by atomic mass is 10.2. The fourth-order valence-electron chi connectivity index (χ4n) is 2.40. The molecule has 0 unspecified atom stereocenters. The molecule has 0 fully saturated rings. The lowest BCUT2D eigenvalue weighted by molar-refractivity contribution is 0.835. The molecule has 1 aliphatic heterocycles. The van der Waals surface area contributed by atoms with E-state index >= 15 is 0 Å². The maximum Gasteiger partial charge on any atom is 0.191 e. The van der Waals surface area contributed by atoms with Gasteiger partial charge in [0.1, 0.15) is 5.69 Å². The van der Waals surface area contributed by atoms with E-state index < -0.39 is 0 Å². The summed E-state index contributed by atoms with van der Waals surface area (Å²) >= 11 is 1.64. The third-order valence-electron chi connectivity index (χ3n) is 3.41. The van der Waals surface area contributed by atoms with Gasteiger partial charge in [0, 0.05) is 24.2 Å². The van der Waals surface area contributed by atoms with Crippen molar-refractivity contribution in [2.45, 2.75) is 32.0 Å². The lowest BCUT2D eigenvalue weighted by Crippen LogP contribution is -2.22. The second-order valence-corrected chi connectivity index (χ2v) is 6.34. The first-order chi connectivity index (χ1) is 10.7. The summed E-state index contributed by atoms with van der Waals surface area (Å²) in [6, 6.07) is 4.12. The molecule has 2 aromatic heterocycles. The van der Waals surface area contributed by atoms with Crippen LogP contribution in [0.5, 0.6) is 0 Å². The van der Waals surface area contributed by atoms with Gasteiger partial charge in [-0.25, -0.2) is 9.97 Å². The summed E-state index contributed by atoms with van der Waals surface area (Å²) in [6.45, 7) is 5.61. The van der Waals surface area contributed by atoms with Crippen molar-refractivity contribution in [2.24, 2.45) is 0 Å². The Labute approximate surface area is 134 Å². The van der Waals surface area contributed by atoms with Gasteiger partial charge < -0.3 is 16.0 Å². The first kappa shape index (κ1) is 14.9. The zero-order valence-corrected chi connectivity index (χ0v) is 13.7. The van der Waals surface area contributed by atoms with Crippen LogP contribution in [0, 0.1) is 6.92 Å². The van der Waals surface area contributed by atoms with E-state index in [1.807, 2.05) is 19.2 Å². The van der Waals surface area contributed by atoms with Crippen molar-refractivity contribution in [1.82, 2.24) is 15.0 Å². The highest BCUT2D eigenvalue weighted by molar-refractivity contribution is 7.99. The molecule has 3 N–H and O–H groups in total. The van der Waals surface area contributed by atoms with Crippen molar-refractivity contribution < 1.29 is 0 Å². The number of hydrogen-bond donors (Lipinski definition) is 2. The summed E-state index contributed by atoms with van der Waals surface area (Å²) in [5.41, 5.74) is 9.13. The van der Waals surface area contributed by atoms with E-state index in [0.29, 0.717) is 12.5 Å². The fraction of sp³-hybridized carbons (Fsp3) is 0.400. The number of nitrogen functional groups attached to an aromatic ring is 1. The third-order valence-corrected chi connectivity index (χ3v) is 4.47. The molecule has 116 valence electrons. The van der Waals surface area contributed by atoms with Gasteiger partial charge in [0.25, 0.3) is 0 Å². The third kappa shape index (κ3) is 3.09. The van der Waals surface area contributed by atoms with Gasteiger partial charge in [-0.1, -0.05) is 18.7 Å². The minimum atomic E-state index is 0.525. The molecule has 22 heavy (non-hydrogen) atoms. The van der Waals surface area contributed by atoms with Gasteiger partial charge in [0.05, 0.1) is 6.67 Å². The van der Waals surface area contributed by atoms with Crippen molar-refractivity contribution in [2.75, 3.05) is 28.4 Å². The lowest BCUT2D eigenvalue weighted by Gasteiger charge is -2.17. The summed E-state index contributed by atoms with van der Waals surface area (Å²) in [5.74, 6) is 2.41. The number of aryl methyl sites for hydroxylation is 1. The highest BCUT2D eigenvalue weighted by Crippen LogP contribution is 2.36. The topological polar surface area (TPSA) is 80.0 Å². The zero-order chi connectivity index (χ0) is 15.5. The first-order valence-corrected chi connectivity index (χ1v) is 8.36. The minimum Gasteiger partial charge on any atom is -0.382 e. The molecule has 0 atom stereocenters. The van der Waals surface area contributed by atoms with Gasteiger partial charge in [-0.3, -0.25) is 4.98 Å². The van der Waals surface area contributed by atoms with E-state index in [1.165, 1.54) is 5.56 Å². The second-order valence-electron chi connectivity index (χ2n) is 5.28. The monoisotopic (exact) mass is 316 g/mol. The van der Waals surface area contributed by atoms with E-state index in [1.54, 1.807) is 11.8 Å². The van der Waals surface area contributed by atoms with Crippen LogP contribution in [0.25, 0.3) is 0 Å². The quantitative estimate of drug-likeness (QED) is 0.648. The van der Waals surface area contributed by atoms with Crippen molar-refractivity contribution in [3.63, 3.8) is 0 Å². The van der Waals surface area contributed by atoms with Gasteiger partial charge in [-0.05, 0) is 31.0 Å². The highest BCUT2D eigenvalue weighted by Gasteiger charge is 2.24. The number of nitrogens with zero attached hydrogens (tertiary/aromatic N) is 4. The molecule has 0 radical (unpaired) electrons. The normalized spacial score (nSPS) is 13.1. The van der Waals surface area contributed by atoms with Crippen molar-refractivity contribution in [3.05, 3.63) is 29.6 Å². The van der Waals surface area contributed by atoms with Crippen LogP contribution in [0.4, 0.5) is 17.3 Å². The van der Waals surface area contributed by atoms with Crippen LogP contribution in [0.3, 0.4) is 0 Å². The van der Waals surface area contributed by atoms with Crippen LogP contribution in [0.1, 0.15) is 24.6 Å². The molecule has 0 aliphatic carbocycles. The van der Waals surface area contributed by atoms with E-state index in [4.69, 9.17) is 5.73 Å². The van der Waals surface area contributed by atoms with Gasteiger partial charge in [-0.15, -0.1) is 0 Å². The molecule has 1 aliphatic rings. The summed E-state index contributed by atoms with van der Waals surface area (Å²) < 4.78 is 0. The van der Waals surface area contributed by atoms with E-state index in [9.17, 15) is 0 Å². The largest absolute Gasteiger partial charge is 0.382 e. The molecule has 0 aromatic carbocycles. The molecule has 3 heterocycles. The van der Waals surface area contributed by atoms with Crippen LogP contribution >= 0.6 is 11.8 Å². The van der Waals surface area contributed by atoms with Crippen LogP contribution in [0.2, 0.25) is 0 Å². The SMILES string of the molecule is CCCSc1nc(N)c2c(n1)N(Cc1ccnc(C)c1)CN2. The van der Waals surface area contributed by atoms with Crippen molar-refractivity contribution in [1.29, 1.82) is 0 Å². The predicted molar refractivity (Wildman–Crippen MR) is 91.1 cm³/mol. The van der Waals surface area contributed by atoms with E-state index in [0.717, 1.165) is 41.1 Å². The molecule has 0 saturated heterocycles. The number of aromatic nitrogens is 3. The summed E-state index contributed by atoms with van der Waals surface area (Å²) in [6.07, 6.45) is 2.93. The molecule has 0 amide bonds. The predicted octanol–water partition coefficient (Wildman–Crippen LogP) is 2.65. The van der Waals surface area contributed by atoms with E-state index in [-0.39, 0.29) is 0 Å². The van der Waals surface area contributed by atoms with Gasteiger partial charge in [0.15, 0.2) is 16.8 Å². The number of fused-ring (bicyclic) bond motifs is 1. The molecule has 7 heteroatoms. The van der Waals surface area contributed by atoms with Crippen LogP contribution in [0.15, 0.2) is 23.5 Å². The molecule has 6 nitrogen and oxygen atoms in total. The van der Waals surface area contributed by atoms with Crippen LogP contribution in [-0.2, 0) is 6.54 Å². The molecule has 0 bridgehead atoms. The van der Waals surface area contributed by atoms with E-state index in [2.05, 4.69) is 38.2 Å². The molecular weight excluding hydrogens is 296 g/mol. The smallest absolute Gasteiger partial charge is 0.191 e. The van der Waals surface area contributed by atoms with Crippen LogP contribution in [-0.4, -0.2) is 27.4 Å². The molecule has 0 saturated carbocycles. The number of anilines is 3. The number of thioether (sulfide) groups is 1. The molecular formula is C15H20N6S. The highest BCUT2D eigenvalue weighted by atomic mass is 32.2. The maximum atomic E-state index is 6.06. The minimum absolute atomic E-state index is 0.525. The maximum absolute atomic E-state index is 6.06. The number of nitrogens with two attached hydrogens (primary N) is 1.